The third kappa shape index (κ3) is 8.84. The molecule has 0 bridgehead atoms. The fourth-order valence-corrected chi connectivity index (χ4v) is 2.76. The number of carboxylic acid groups (broad SMARTS) is 1. The van der Waals surface area contributed by atoms with Crippen molar-refractivity contribution in [3.63, 3.8) is 0 Å². The molecule has 0 aliphatic carbocycles. The van der Waals surface area contributed by atoms with Crippen molar-refractivity contribution in [2.24, 2.45) is 0 Å². The number of carbonyl (C=O) groups excluding carboxylic acids is 1. The maximum atomic E-state index is 11.8. The predicted molar refractivity (Wildman–Crippen MR) is 117 cm³/mol. The summed E-state index contributed by atoms with van der Waals surface area (Å²) < 4.78 is 5.17. The van der Waals surface area contributed by atoms with E-state index in [0.717, 1.165) is 22.3 Å². The van der Waals surface area contributed by atoms with Crippen LogP contribution in [-0.4, -0.2) is 74.2 Å². The summed E-state index contributed by atoms with van der Waals surface area (Å²) in [5, 5.41) is 12.2. The molecule has 0 unspecified atom stereocenters. The Labute approximate surface area is 215 Å². The molecule has 150 valence electrons. The summed E-state index contributed by atoms with van der Waals surface area (Å²) in [5.41, 5.74) is 2.99. The normalized spacial score (nSPS) is 12.5. The molecule has 0 aliphatic heterocycles. The molecule has 0 heterocycles. The molecule has 5 nitrogen and oxygen atoms in total. The number of carbonyl (C=O) groups is 2. The molecular weight excluding hydrogens is 393 g/mol. The predicted octanol–water partition coefficient (Wildman–Crippen LogP) is 4.69. The second-order valence-corrected chi connectivity index (χ2v) is 7.72. The SMILES string of the molecule is C/C(=C\NC(=O)OC(C)(C)C)C[C@@H](C(=O)O)c1ccc(-c2ccccc2)cc1.[KH]. The van der Waals surface area contributed by atoms with Crippen LogP contribution in [0.4, 0.5) is 4.79 Å². The molecule has 0 fully saturated rings. The van der Waals surface area contributed by atoms with E-state index in [1.165, 1.54) is 6.20 Å². The zero-order valence-corrected chi connectivity index (χ0v) is 16.7. The van der Waals surface area contributed by atoms with Crippen LogP contribution in [0, 0.1) is 0 Å². The van der Waals surface area contributed by atoms with Crippen LogP contribution < -0.4 is 5.32 Å². The van der Waals surface area contributed by atoms with Crippen LogP contribution in [-0.2, 0) is 9.53 Å². The third-order valence-electron chi connectivity index (χ3n) is 4.08. The van der Waals surface area contributed by atoms with Crippen LogP contribution in [0.5, 0.6) is 0 Å². The zero-order valence-electron chi connectivity index (χ0n) is 16.7. The second-order valence-electron chi connectivity index (χ2n) is 7.72. The van der Waals surface area contributed by atoms with Crippen molar-refractivity contribution in [3.05, 3.63) is 71.9 Å². The fourth-order valence-electron chi connectivity index (χ4n) is 2.76. The van der Waals surface area contributed by atoms with Crippen LogP contribution in [0.1, 0.15) is 45.6 Å². The van der Waals surface area contributed by atoms with Crippen LogP contribution in [0.25, 0.3) is 11.1 Å². The summed E-state index contributed by atoms with van der Waals surface area (Å²) in [5.74, 6) is -1.60. The Hall–Kier alpha value is -1.44. The fraction of sp³-hybridized carbons (Fsp3) is 0.304. The molecule has 29 heavy (non-hydrogen) atoms. The van der Waals surface area contributed by atoms with Crippen LogP contribution in [0.3, 0.4) is 0 Å². The number of ether oxygens (including phenoxy) is 1. The minimum atomic E-state index is -0.905. The van der Waals surface area contributed by atoms with Gasteiger partial charge in [-0.2, -0.15) is 0 Å². The van der Waals surface area contributed by atoms with Gasteiger partial charge in [0.25, 0.3) is 0 Å². The van der Waals surface area contributed by atoms with E-state index < -0.39 is 23.6 Å². The standard InChI is InChI=1S/C23H27NO4.K.H/c1-16(15-24-22(27)28-23(2,3)4)14-20(21(25)26)19-12-10-18(11-13-19)17-8-6-5-7-9-17;;/h5-13,15,20H,14H2,1-4H3,(H,24,27)(H,25,26);;/b16-15+;;/t20-;;/m1../s1. The third-order valence-corrected chi connectivity index (χ3v) is 4.08. The van der Waals surface area contributed by atoms with Crippen molar-refractivity contribution >= 4 is 63.4 Å². The van der Waals surface area contributed by atoms with Gasteiger partial charge in [-0.1, -0.05) is 60.2 Å². The monoisotopic (exact) mass is 421 g/mol. The summed E-state index contributed by atoms with van der Waals surface area (Å²) in [6, 6.07) is 17.5. The maximum absolute atomic E-state index is 11.8. The van der Waals surface area contributed by atoms with Gasteiger partial charge in [0.05, 0.1) is 5.92 Å². The quantitative estimate of drug-likeness (QED) is 0.664. The van der Waals surface area contributed by atoms with Gasteiger partial charge < -0.3 is 9.84 Å². The van der Waals surface area contributed by atoms with Crippen LogP contribution in [0.2, 0.25) is 0 Å². The molecule has 1 atom stereocenters. The van der Waals surface area contributed by atoms with Crippen LogP contribution >= 0.6 is 0 Å². The first-order chi connectivity index (χ1) is 13.2. The first-order valence-corrected chi connectivity index (χ1v) is 9.19. The number of aliphatic carboxylic acids is 1. The second kappa shape index (κ2) is 11.7. The van der Waals surface area contributed by atoms with Gasteiger partial charge in [-0.15, -0.1) is 0 Å². The Kier molecular flexibility index (Phi) is 10.3. The molecule has 0 saturated heterocycles. The molecule has 0 radical (unpaired) electrons. The van der Waals surface area contributed by atoms with E-state index in [1.54, 1.807) is 27.7 Å². The van der Waals surface area contributed by atoms with Gasteiger partial charge in [0.2, 0.25) is 0 Å². The molecule has 2 rings (SSSR count). The molecule has 0 aromatic heterocycles. The number of amides is 1. The van der Waals surface area contributed by atoms with Gasteiger partial charge in [-0.05, 0) is 50.8 Å². The van der Waals surface area contributed by atoms with Gasteiger partial charge >= 0.3 is 63.4 Å². The Morgan fingerprint density at radius 3 is 2.10 bits per heavy atom. The molecule has 2 aromatic carbocycles. The van der Waals surface area contributed by atoms with Crippen molar-refractivity contribution in [2.75, 3.05) is 0 Å². The van der Waals surface area contributed by atoms with E-state index in [1.807, 2.05) is 54.6 Å². The number of rotatable bonds is 6. The zero-order chi connectivity index (χ0) is 20.7. The Morgan fingerprint density at radius 2 is 1.59 bits per heavy atom. The van der Waals surface area contributed by atoms with E-state index in [2.05, 4.69) is 5.32 Å². The average Bonchev–Trinajstić information content (AvgIpc) is 2.64. The number of alkyl carbamates (subject to hydrolysis) is 1. The molecule has 0 spiro atoms. The van der Waals surface area contributed by atoms with Gasteiger partial charge in [-0.3, -0.25) is 10.1 Å². The topological polar surface area (TPSA) is 75.6 Å². The van der Waals surface area contributed by atoms with Crippen molar-refractivity contribution in [3.8, 4) is 11.1 Å². The Morgan fingerprint density at radius 1 is 1.03 bits per heavy atom. The van der Waals surface area contributed by atoms with E-state index in [9.17, 15) is 14.7 Å². The number of carboxylic acids is 1. The molecule has 2 N–H and O–H groups in total. The first kappa shape index (κ1) is 25.6. The molecule has 0 saturated carbocycles. The van der Waals surface area contributed by atoms with Gasteiger partial charge in [0.15, 0.2) is 0 Å². The van der Waals surface area contributed by atoms with Gasteiger partial charge in [0.1, 0.15) is 5.60 Å². The Bertz CT molecular complexity index is 839. The van der Waals surface area contributed by atoms with Crippen molar-refractivity contribution in [1.29, 1.82) is 0 Å². The number of hydrogen-bond donors (Lipinski definition) is 2. The van der Waals surface area contributed by atoms with Crippen molar-refractivity contribution in [2.45, 2.75) is 45.6 Å². The van der Waals surface area contributed by atoms with Crippen molar-refractivity contribution in [1.82, 2.24) is 5.32 Å². The van der Waals surface area contributed by atoms with E-state index >= 15 is 0 Å². The first-order valence-electron chi connectivity index (χ1n) is 9.19. The van der Waals surface area contributed by atoms with E-state index in [4.69, 9.17) is 4.74 Å². The molecule has 1 amide bonds. The minimum absolute atomic E-state index is 0. The molecule has 0 aliphatic rings. The average molecular weight is 422 g/mol. The Balaban J connectivity index is 0.00000420. The number of benzene rings is 2. The van der Waals surface area contributed by atoms with E-state index in [0.29, 0.717) is 0 Å². The molecular formula is C23H28KNO4. The summed E-state index contributed by atoms with van der Waals surface area (Å²) >= 11 is 0. The number of hydrogen-bond acceptors (Lipinski definition) is 3. The number of allylic oxidation sites excluding steroid dienone is 1. The summed E-state index contributed by atoms with van der Waals surface area (Å²) in [6.07, 6.45) is 1.23. The van der Waals surface area contributed by atoms with Gasteiger partial charge in [0, 0.05) is 6.20 Å². The summed E-state index contributed by atoms with van der Waals surface area (Å²) in [4.78, 5) is 23.5. The summed E-state index contributed by atoms with van der Waals surface area (Å²) in [7, 11) is 0. The van der Waals surface area contributed by atoms with Gasteiger partial charge in [-0.25, -0.2) is 4.79 Å². The molecule has 2 aromatic rings. The number of nitrogens with one attached hydrogen (secondary N) is 1. The van der Waals surface area contributed by atoms with E-state index in [-0.39, 0.29) is 57.8 Å². The molecule has 6 heteroatoms. The van der Waals surface area contributed by atoms with Crippen molar-refractivity contribution < 1.29 is 19.4 Å². The summed E-state index contributed by atoms with van der Waals surface area (Å²) in [6.45, 7) is 7.12. The van der Waals surface area contributed by atoms with Crippen LogP contribution in [0.15, 0.2) is 66.4 Å².